The standard InChI is InChI=1S/C13H17Br2NO2S/c1-13(2)6-5-10(8-13)16-19(17,18)12-7-9(14)3-4-11(12)15/h3-4,7,10,16H,5-6,8H2,1-2H3. The highest BCUT2D eigenvalue weighted by Gasteiger charge is 2.33. The van der Waals surface area contributed by atoms with Gasteiger partial charge in [-0.25, -0.2) is 13.1 Å². The van der Waals surface area contributed by atoms with Gasteiger partial charge in [0, 0.05) is 15.0 Å². The molecular formula is C13H17Br2NO2S. The summed E-state index contributed by atoms with van der Waals surface area (Å²) in [5.74, 6) is 0. The number of benzene rings is 1. The zero-order valence-electron chi connectivity index (χ0n) is 10.9. The van der Waals surface area contributed by atoms with Crippen molar-refractivity contribution in [2.75, 3.05) is 0 Å². The molecule has 0 amide bonds. The van der Waals surface area contributed by atoms with Crippen LogP contribution in [0.15, 0.2) is 32.0 Å². The minimum absolute atomic E-state index is 0.0332. The highest BCUT2D eigenvalue weighted by Crippen LogP contribution is 2.37. The Morgan fingerprint density at radius 3 is 2.58 bits per heavy atom. The van der Waals surface area contributed by atoms with Gasteiger partial charge in [-0.3, -0.25) is 0 Å². The Morgan fingerprint density at radius 2 is 2.00 bits per heavy atom. The zero-order valence-corrected chi connectivity index (χ0v) is 14.9. The topological polar surface area (TPSA) is 46.2 Å². The van der Waals surface area contributed by atoms with Crippen LogP contribution < -0.4 is 4.72 Å². The van der Waals surface area contributed by atoms with E-state index in [4.69, 9.17) is 0 Å². The highest BCUT2D eigenvalue weighted by molar-refractivity contribution is 9.11. The summed E-state index contributed by atoms with van der Waals surface area (Å²) in [6.45, 7) is 4.35. The number of hydrogen-bond donors (Lipinski definition) is 1. The molecule has 1 atom stereocenters. The monoisotopic (exact) mass is 409 g/mol. The molecule has 1 saturated carbocycles. The molecule has 2 rings (SSSR count). The van der Waals surface area contributed by atoms with Crippen molar-refractivity contribution < 1.29 is 8.42 Å². The van der Waals surface area contributed by atoms with E-state index in [-0.39, 0.29) is 16.4 Å². The van der Waals surface area contributed by atoms with Gasteiger partial charge in [0.25, 0.3) is 0 Å². The van der Waals surface area contributed by atoms with Crippen LogP contribution in [0.3, 0.4) is 0 Å². The molecule has 106 valence electrons. The molecule has 1 aromatic rings. The van der Waals surface area contributed by atoms with Gasteiger partial charge in [-0.05, 0) is 58.8 Å². The van der Waals surface area contributed by atoms with Crippen LogP contribution in [0.5, 0.6) is 0 Å². The fourth-order valence-electron chi connectivity index (χ4n) is 2.50. The second kappa shape index (κ2) is 5.47. The van der Waals surface area contributed by atoms with Gasteiger partial charge >= 0.3 is 0 Å². The van der Waals surface area contributed by atoms with Crippen molar-refractivity contribution in [3.63, 3.8) is 0 Å². The van der Waals surface area contributed by atoms with Crippen LogP contribution >= 0.6 is 31.9 Å². The van der Waals surface area contributed by atoms with Gasteiger partial charge in [0.15, 0.2) is 0 Å². The summed E-state index contributed by atoms with van der Waals surface area (Å²) in [5.41, 5.74) is 0.224. The first-order valence-corrected chi connectivity index (χ1v) is 9.24. The molecule has 0 saturated heterocycles. The fraction of sp³-hybridized carbons (Fsp3) is 0.538. The molecule has 6 heteroatoms. The van der Waals surface area contributed by atoms with Gasteiger partial charge in [-0.2, -0.15) is 0 Å². The van der Waals surface area contributed by atoms with Crippen LogP contribution in [-0.2, 0) is 10.0 Å². The van der Waals surface area contributed by atoms with Crippen molar-refractivity contribution in [2.24, 2.45) is 5.41 Å². The van der Waals surface area contributed by atoms with Crippen LogP contribution in [0, 0.1) is 5.41 Å². The van der Waals surface area contributed by atoms with Crippen molar-refractivity contribution in [1.29, 1.82) is 0 Å². The molecule has 1 N–H and O–H groups in total. The number of nitrogens with one attached hydrogen (secondary N) is 1. The van der Waals surface area contributed by atoms with E-state index >= 15 is 0 Å². The van der Waals surface area contributed by atoms with Crippen LogP contribution in [0.25, 0.3) is 0 Å². The number of rotatable bonds is 3. The van der Waals surface area contributed by atoms with Crippen LogP contribution in [0.1, 0.15) is 33.1 Å². The third-order valence-corrected chi connectivity index (χ3v) is 6.48. The summed E-state index contributed by atoms with van der Waals surface area (Å²) < 4.78 is 29.0. The Morgan fingerprint density at radius 1 is 1.32 bits per heavy atom. The highest BCUT2D eigenvalue weighted by atomic mass is 79.9. The van der Waals surface area contributed by atoms with Gasteiger partial charge in [0.05, 0.1) is 4.90 Å². The summed E-state index contributed by atoms with van der Waals surface area (Å²) >= 11 is 6.60. The maximum atomic E-state index is 12.4. The van der Waals surface area contributed by atoms with E-state index in [2.05, 4.69) is 50.4 Å². The van der Waals surface area contributed by atoms with Crippen molar-refractivity contribution in [3.8, 4) is 0 Å². The normalized spacial score (nSPS) is 22.6. The molecule has 1 aromatic carbocycles. The van der Waals surface area contributed by atoms with Crippen molar-refractivity contribution >= 4 is 41.9 Å². The van der Waals surface area contributed by atoms with Crippen LogP contribution in [0.2, 0.25) is 0 Å². The summed E-state index contributed by atoms with van der Waals surface area (Å²) in [4.78, 5) is 0.284. The van der Waals surface area contributed by atoms with Gasteiger partial charge in [0.2, 0.25) is 10.0 Å². The first kappa shape index (κ1) is 15.5. The molecule has 3 nitrogen and oxygen atoms in total. The molecule has 0 aromatic heterocycles. The Labute approximate surface area is 131 Å². The summed E-state index contributed by atoms with van der Waals surface area (Å²) in [5, 5.41) is 0. The van der Waals surface area contributed by atoms with E-state index in [0.717, 1.165) is 23.7 Å². The molecule has 0 radical (unpaired) electrons. The molecule has 0 aliphatic heterocycles. The lowest BCUT2D eigenvalue weighted by atomic mass is 9.92. The largest absolute Gasteiger partial charge is 0.241 e. The Hall–Kier alpha value is 0.0900. The number of hydrogen-bond acceptors (Lipinski definition) is 2. The van der Waals surface area contributed by atoms with Gasteiger partial charge in [0.1, 0.15) is 0 Å². The molecule has 1 unspecified atom stereocenters. The summed E-state index contributed by atoms with van der Waals surface area (Å²) in [7, 11) is -3.47. The van der Waals surface area contributed by atoms with E-state index in [1.165, 1.54) is 0 Å². The average molecular weight is 411 g/mol. The average Bonchev–Trinajstić information content (AvgIpc) is 2.60. The molecule has 0 spiro atoms. The van der Waals surface area contributed by atoms with Gasteiger partial charge in [-0.15, -0.1) is 0 Å². The zero-order chi connectivity index (χ0) is 14.3. The second-order valence-electron chi connectivity index (χ2n) is 5.80. The maximum Gasteiger partial charge on any atom is 0.241 e. The minimum Gasteiger partial charge on any atom is -0.208 e. The van der Waals surface area contributed by atoms with E-state index in [1.54, 1.807) is 12.1 Å². The first-order chi connectivity index (χ1) is 8.70. The lowest BCUT2D eigenvalue weighted by Crippen LogP contribution is -2.33. The third-order valence-electron chi connectivity index (χ3n) is 3.47. The first-order valence-electron chi connectivity index (χ1n) is 6.17. The summed E-state index contributed by atoms with van der Waals surface area (Å²) in [6, 6.07) is 5.19. The van der Waals surface area contributed by atoms with Crippen LogP contribution in [-0.4, -0.2) is 14.5 Å². The van der Waals surface area contributed by atoms with Crippen LogP contribution in [0.4, 0.5) is 0 Å². The molecule has 0 bridgehead atoms. The van der Waals surface area contributed by atoms with E-state index < -0.39 is 10.0 Å². The van der Waals surface area contributed by atoms with Crippen molar-refractivity contribution in [1.82, 2.24) is 4.72 Å². The predicted octanol–water partition coefficient (Wildman–Crippen LogP) is 4.07. The molecule has 1 aliphatic carbocycles. The Balaban J connectivity index is 2.22. The van der Waals surface area contributed by atoms with Crippen molar-refractivity contribution in [3.05, 3.63) is 27.1 Å². The van der Waals surface area contributed by atoms with Gasteiger partial charge < -0.3 is 0 Å². The molecule has 19 heavy (non-hydrogen) atoms. The smallest absolute Gasteiger partial charge is 0.208 e. The quantitative estimate of drug-likeness (QED) is 0.816. The Kier molecular flexibility index (Phi) is 4.45. The molecular weight excluding hydrogens is 394 g/mol. The Bertz CT molecular complexity index is 584. The van der Waals surface area contributed by atoms with Crippen molar-refractivity contribution in [2.45, 2.75) is 44.0 Å². The number of halogens is 2. The second-order valence-corrected chi connectivity index (χ2v) is 9.25. The van der Waals surface area contributed by atoms with Gasteiger partial charge in [-0.1, -0.05) is 29.8 Å². The SMILES string of the molecule is CC1(C)CCC(NS(=O)(=O)c2cc(Br)ccc2Br)C1. The van der Waals surface area contributed by atoms with E-state index in [0.29, 0.717) is 4.47 Å². The van der Waals surface area contributed by atoms with E-state index in [9.17, 15) is 8.42 Å². The van der Waals surface area contributed by atoms with E-state index in [1.807, 2.05) is 6.07 Å². The molecule has 0 heterocycles. The minimum atomic E-state index is -3.47. The maximum absolute atomic E-state index is 12.4. The lowest BCUT2D eigenvalue weighted by Gasteiger charge is -2.18. The molecule has 1 aliphatic rings. The lowest BCUT2D eigenvalue weighted by molar-refractivity contribution is 0.372. The summed E-state index contributed by atoms with van der Waals surface area (Å²) in [6.07, 6.45) is 2.84. The molecule has 1 fully saturated rings. The third kappa shape index (κ3) is 3.80. The number of sulfonamides is 1. The predicted molar refractivity (Wildman–Crippen MR) is 83.6 cm³/mol. The fourth-order valence-corrected chi connectivity index (χ4v) is 5.28.